The third-order valence-corrected chi connectivity index (χ3v) is 3.41. The fourth-order valence-corrected chi connectivity index (χ4v) is 2.33. The van der Waals surface area contributed by atoms with Gasteiger partial charge in [0.15, 0.2) is 0 Å². The maximum atomic E-state index is 12.3. The van der Waals surface area contributed by atoms with Gasteiger partial charge in [-0.05, 0) is 37.3 Å². The number of anilines is 2. The van der Waals surface area contributed by atoms with Crippen molar-refractivity contribution < 1.29 is 14.3 Å². The van der Waals surface area contributed by atoms with E-state index in [2.05, 4.69) is 5.32 Å². The predicted octanol–water partition coefficient (Wildman–Crippen LogP) is 2.95. The van der Waals surface area contributed by atoms with E-state index in [1.807, 2.05) is 13.0 Å². The summed E-state index contributed by atoms with van der Waals surface area (Å²) in [6.07, 6.45) is 0. The normalized spacial score (nSPS) is 9.80. The van der Waals surface area contributed by atoms with Crippen LogP contribution >= 0.6 is 0 Å². The number of carbonyl (C=O) groups is 2. The van der Waals surface area contributed by atoms with Crippen molar-refractivity contribution in [2.75, 3.05) is 23.4 Å². The smallest absolute Gasteiger partial charge is 0.244 e. The van der Waals surface area contributed by atoms with Gasteiger partial charge in [0.1, 0.15) is 12.3 Å². The summed E-state index contributed by atoms with van der Waals surface area (Å²) in [5.74, 6) is -0.0934. The number of nitrogens with one attached hydrogen (secondary N) is 1. The van der Waals surface area contributed by atoms with Crippen LogP contribution in [0.1, 0.15) is 19.4 Å². The molecule has 0 bridgehead atoms. The molecule has 128 valence electrons. The highest BCUT2D eigenvalue weighted by atomic mass is 16.5. The molecule has 0 aliphatic rings. The van der Waals surface area contributed by atoms with Gasteiger partial charge in [-0.2, -0.15) is 5.26 Å². The molecule has 0 radical (unpaired) electrons. The van der Waals surface area contributed by atoms with Gasteiger partial charge < -0.3 is 10.1 Å². The second kappa shape index (κ2) is 8.50. The minimum absolute atomic E-state index is 0.157. The first-order valence-electron chi connectivity index (χ1n) is 7.85. The number of benzene rings is 2. The Hall–Kier alpha value is -3.33. The molecule has 0 spiro atoms. The summed E-state index contributed by atoms with van der Waals surface area (Å²) in [5.41, 5.74) is 1.49. The minimum atomic E-state index is -0.364. The van der Waals surface area contributed by atoms with Gasteiger partial charge >= 0.3 is 0 Å². The van der Waals surface area contributed by atoms with Crippen molar-refractivity contribution in [1.82, 2.24) is 0 Å². The molecule has 0 unspecified atom stereocenters. The lowest BCUT2D eigenvalue weighted by molar-refractivity contribution is -0.120. The largest absolute Gasteiger partial charge is 0.492 e. The maximum absolute atomic E-state index is 12.3. The van der Waals surface area contributed by atoms with E-state index in [0.29, 0.717) is 29.3 Å². The summed E-state index contributed by atoms with van der Waals surface area (Å²) < 4.78 is 5.54. The lowest BCUT2D eigenvalue weighted by atomic mass is 10.2. The van der Waals surface area contributed by atoms with E-state index >= 15 is 0 Å². The lowest BCUT2D eigenvalue weighted by Gasteiger charge is -2.23. The summed E-state index contributed by atoms with van der Waals surface area (Å²) >= 11 is 0. The van der Waals surface area contributed by atoms with Crippen molar-refractivity contribution >= 4 is 23.2 Å². The Morgan fingerprint density at radius 2 is 1.96 bits per heavy atom. The van der Waals surface area contributed by atoms with Crippen LogP contribution < -0.4 is 15.0 Å². The number of nitriles is 1. The van der Waals surface area contributed by atoms with E-state index in [1.165, 1.54) is 11.8 Å². The third kappa shape index (κ3) is 4.82. The first kappa shape index (κ1) is 18.0. The fourth-order valence-electron chi connectivity index (χ4n) is 2.33. The second-order valence-corrected chi connectivity index (χ2v) is 5.25. The van der Waals surface area contributed by atoms with Gasteiger partial charge in [0.25, 0.3) is 0 Å². The number of amides is 2. The highest BCUT2D eigenvalue weighted by molar-refractivity contribution is 6.02. The van der Waals surface area contributed by atoms with Crippen LogP contribution in [0.3, 0.4) is 0 Å². The molecule has 0 saturated heterocycles. The summed E-state index contributed by atoms with van der Waals surface area (Å²) in [5, 5.41) is 11.6. The van der Waals surface area contributed by atoms with Crippen LogP contribution in [0.5, 0.6) is 5.75 Å². The summed E-state index contributed by atoms with van der Waals surface area (Å²) in [6, 6.07) is 15.7. The minimum Gasteiger partial charge on any atom is -0.492 e. The summed E-state index contributed by atoms with van der Waals surface area (Å²) in [4.78, 5) is 25.7. The van der Waals surface area contributed by atoms with Gasteiger partial charge in [0.2, 0.25) is 11.8 Å². The fraction of sp³-hybridized carbons (Fsp3) is 0.211. The number of rotatable bonds is 6. The first-order valence-corrected chi connectivity index (χ1v) is 7.85. The zero-order valence-electron chi connectivity index (χ0n) is 14.2. The molecule has 0 atom stereocenters. The molecule has 2 aromatic carbocycles. The average molecular weight is 337 g/mol. The van der Waals surface area contributed by atoms with E-state index in [1.54, 1.807) is 48.5 Å². The molecule has 0 saturated carbocycles. The van der Waals surface area contributed by atoms with Crippen molar-refractivity contribution in [2.24, 2.45) is 0 Å². The Morgan fingerprint density at radius 1 is 1.20 bits per heavy atom. The van der Waals surface area contributed by atoms with Crippen LogP contribution in [0.15, 0.2) is 48.5 Å². The van der Waals surface area contributed by atoms with Crippen LogP contribution in [0.4, 0.5) is 11.4 Å². The van der Waals surface area contributed by atoms with E-state index in [9.17, 15) is 9.59 Å². The lowest BCUT2D eigenvalue weighted by Crippen LogP contribution is -2.37. The van der Waals surface area contributed by atoms with E-state index < -0.39 is 0 Å². The molecule has 6 nitrogen and oxygen atoms in total. The van der Waals surface area contributed by atoms with Crippen LogP contribution in [-0.2, 0) is 9.59 Å². The number of ether oxygens (including phenoxy) is 1. The Balaban J connectivity index is 2.18. The second-order valence-electron chi connectivity index (χ2n) is 5.25. The highest BCUT2D eigenvalue weighted by Crippen LogP contribution is 2.28. The number of para-hydroxylation sites is 2. The van der Waals surface area contributed by atoms with Crippen LogP contribution in [0.25, 0.3) is 0 Å². The SMILES string of the molecule is CCOc1ccccc1N(CC(=O)Nc1cccc(C#N)c1)C(C)=O. The van der Waals surface area contributed by atoms with Gasteiger partial charge in [-0.1, -0.05) is 18.2 Å². The van der Waals surface area contributed by atoms with Crippen molar-refractivity contribution in [3.63, 3.8) is 0 Å². The Morgan fingerprint density at radius 3 is 2.64 bits per heavy atom. The molecule has 0 heterocycles. The Labute approximate surface area is 146 Å². The molecule has 0 aromatic heterocycles. The van der Waals surface area contributed by atoms with Crippen molar-refractivity contribution in [3.05, 3.63) is 54.1 Å². The molecule has 2 aromatic rings. The number of nitrogens with zero attached hydrogens (tertiary/aromatic N) is 2. The monoisotopic (exact) mass is 337 g/mol. The summed E-state index contributed by atoms with van der Waals surface area (Å²) in [7, 11) is 0. The van der Waals surface area contributed by atoms with Crippen molar-refractivity contribution in [3.8, 4) is 11.8 Å². The van der Waals surface area contributed by atoms with E-state index in [0.717, 1.165) is 0 Å². The molecule has 2 amide bonds. The van der Waals surface area contributed by atoms with Gasteiger partial charge in [-0.3, -0.25) is 14.5 Å². The molecule has 6 heteroatoms. The first-order chi connectivity index (χ1) is 12.0. The molecular formula is C19H19N3O3. The molecule has 0 fully saturated rings. The average Bonchev–Trinajstić information content (AvgIpc) is 2.60. The maximum Gasteiger partial charge on any atom is 0.244 e. The quantitative estimate of drug-likeness (QED) is 0.878. The molecule has 0 aliphatic carbocycles. The Bertz CT molecular complexity index is 812. The summed E-state index contributed by atoms with van der Waals surface area (Å²) in [6.45, 7) is 3.54. The predicted molar refractivity (Wildman–Crippen MR) is 95.4 cm³/mol. The highest BCUT2D eigenvalue weighted by Gasteiger charge is 2.19. The number of hydrogen-bond acceptors (Lipinski definition) is 4. The zero-order chi connectivity index (χ0) is 18.2. The van der Waals surface area contributed by atoms with Gasteiger partial charge in [0, 0.05) is 12.6 Å². The van der Waals surface area contributed by atoms with Crippen LogP contribution in [0.2, 0.25) is 0 Å². The molecule has 0 aliphatic heterocycles. The third-order valence-electron chi connectivity index (χ3n) is 3.41. The number of hydrogen-bond donors (Lipinski definition) is 1. The topological polar surface area (TPSA) is 82.4 Å². The van der Waals surface area contributed by atoms with Crippen LogP contribution in [-0.4, -0.2) is 25.0 Å². The van der Waals surface area contributed by atoms with Crippen molar-refractivity contribution in [2.45, 2.75) is 13.8 Å². The molecule has 1 N–H and O–H groups in total. The van der Waals surface area contributed by atoms with Gasteiger partial charge in [0.05, 0.1) is 23.9 Å². The van der Waals surface area contributed by atoms with Gasteiger partial charge in [-0.15, -0.1) is 0 Å². The molecule has 2 rings (SSSR count). The molecular weight excluding hydrogens is 318 g/mol. The number of carbonyl (C=O) groups excluding carboxylic acids is 2. The van der Waals surface area contributed by atoms with Crippen LogP contribution in [0, 0.1) is 11.3 Å². The van der Waals surface area contributed by atoms with Gasteiger partial charge in [-0.25, -0.2) is 0 Å². The Kier molecular flexibility index (Phi) is 6.13. The zero-order valence-corrected chi connectivity index (χ0v) is 14.2. The van der Waals surface area contributed by atoms with E-state index in [4.69, 9.17) is 10.00 Å². The standard InChI is InChI=1S/C19H19N3O3/c1-3-25-18-10-5-4-9-17(18)22(14(2)23)13-19(24)21-16-8-6-7-15(11-16)12-20/h4-11H,3,13H2,1-2H3,(H,21,24). The molecule has 25 heavy (non-hydrogen) atoms. The van der Waals surface area contributed by atoms with E-state index in [-0.39, 0.29) is 18.4 Å². The van der Waals surface area contributed by atoms with Crippen molar-refractivity contribution in [1.29, 1.82) is 5.26 Å².